The number of sulfonamides is 1. The third-order valence-corrected chi connectivity index (χ3v) is 4.53. The van der Waals surface area contributed by atoms with Gasteiger partial charge in [-0.1, -0.05) is 0 Å². The van der Waals surface area contributed by atoms with Gasteiger partial charge in [-0.05, 0) is 24.8 Å². The van der Waals surface area contributed by atoms with Gasteiger partial charge in [-0.3, -0.25) is 0 Å². The summed E-state index contributed by atoms with van der Waals surface area (Å²) < 4.78 is 65.3. The number of alkyl halides is 3. The molecule has 0 radical (unpaired) electrons. The largest absolute Gasteiger partial charge is 0.419 e. The third-order valence-electron chi connectivity index (χ3n) is 3.14. The second-order valence-electron chi connectivity index (χ2n) is 5.01. The first-order chi connectivity index (χ1) is 10.2. The molecule has 124 valence electrons. The fourth-order valence-electron chi connectivity index (χ4n) is 1.76. The highest BCUT2D eigenvalue weighted by molar-refractivity contribution is 7.89. The normalized spacial score (nSPS) is 15.8. The zero-order valence-corrected chi connectivity index (χ0v) is 12.3. The number of hydrogen-bond acceptors (Lipinski definition) is 5. The molecule has 0 saturated heterocycles. The Bertz CT molecular complexity index is 630. The van der Waals surface area contributed by atoms with Crippen LogP contribution in [0.2, 0.25) is 0 Å². The summed E-state index contributed by atoms with van der Waals surface area (Å²) in [6, 6.07) is 0.544. The van der Waals surface area contributed by atoms with Gasteiger partial charge in [-0.25, -0.2) is 18.1 Å². The van der Waals surface area contributed by atoms with Crippen LogP contribution in [0.4, 0.5) is 19.0 Å². The average Bonchev–Trinajstić information content (AvgIpc) is 3.26. The Balaban J connectivity index is 2.28. The number of aromatic nitrogens is 1. The maximum atomic E-state index is 13.0. The summed E-state index contributed by atoms with van der Waals surface area (Å²) in [5.74, 6) is -0.252. The molecule has 1 aromatic rings. The zero-order chi connectivity index (χ0) is 16.4. The molecule has 0 aliphatic heterocycles. The van der Waals surface area contributed by atoms with Crippen LogP contribution in [0.15, 0.2) is 17.2 Å². The highest BCUT2D eigenvalue weighted by atomic mass is 32.2. The number of aliphatic hydroxyl groups excluding tert-OH is 1. The van der Waals surface area contributed by atoms with Crippen molar-refractivity contribution >= 4 is 15.8 Å². The lowest BCUT2D eigenvalue weighted by molar-refractivity contribution is -0.137. The molecule has 0 spiro atoms. The molecule has 1 aliphatic carbocycles. The highest BCUT2D eigenvalue weighted by Crippen LogP contribution is 2.35. The third kappa shape index (κ3) is 4.31. The van der Waals surface area contributed by atoms with E-state index in [9.17, 15) is 21.6 Å². The number of pyridine rings is 1. The van der Waals surface area contributed by atoms with Crippen LogP contribution in [-0.2, 0) is 16.2 Å². The molecular formula is C12H16F3N3O3S. The molecule has 0 amide bonds. The van der Waals surface area contributed by atoms with Crippen molar-refractivity contribution in [2.45, 2.75) is 23.9 Å². The van der Waals surface area contributed by atoms with Gasteiger partial charge in [0.25, 0.3) is 0 Å². The Labute approximate surface area is 125 Å². The lowest BCUT2D eigenvalue weighted by Crippen LogP contribution is -2.26. The molecule has 0 aromatic carbocycles. The molecule has 0 bridgehead atoms. The minimum atomic E-state index is -4.76. The van der Waals surface area contributed by atoms with Gasteiger partial charge in [0.2, 0.25) is 10.0 Å². The van der Waals surface area contributed by atoms with E-state index in [2.05, 4.69) is 15.0 Å². The van der Waals surface area contributed by atoms with Crippen LogP contribution in [0.25, 0.3) is 0 Å². The summed E-state index contributed by atoms with van der Waals surface area (Å²) in [4.78, 5) is 3.00. The summed E-state index contributed by atoms with van der Waals surface area (Å²) in [5.41, 5.74) is -1.18. The predicted molar refractivity (Wildman–Crippen MR) is 72.7 cm³/mol. The van der Waals surface area contributed by atoms with Crippen LogP contribution in [0.5, 0.6) is 0 Å². The van der Waals surface area contributed by atoms with Gasteiger partial charge in [0.1, 0.15) is 10.7 Å². The van der Waals surface area contributed by atoms with E-state index in [1.807, 2.05) is 0 Å². The van der Waals surface area contributed by atoms with Crippen molar-refractivity contribution in [1.82, 2.24) is 9.71 Å². The molecule has 1 saturated carbocycles. The molecule has 22 heavy (non-hydrogen) atoms. The van der Waals surface area contributed by atoms with Gasteiger partial charge in [-0.15, -0.1) is 0 Å². The summed E-state index contributed by atoms with van der Waals surface area (Å²) in [7, 11) is -4.03. The highest BCUT2D eigenvalue weighted by Gasteiger charge is 2.36. The number of nitrogens with one attached hydrogen (secondary N) is 2. The first-order valence-corrected chi connectivity index (χ1v) is 8.14. The summed E-state index contributed by atoms with van der Waals surface area (Å²) in [5, 5.41) is 11.0. The first-order valence-electron chi connectivity index (χ1n) is 6.65. The fraction of sp³-hybridized carbons (Fsp3) is 0.583. The number of anilines is 1. The second-order valence-corrected chi connectivity index (χ2v) is 6.78. The Kier molecular flexibility index (Phi) is 4.93. The molecule has 0 atom stereocenters. The van der Waals surface area contributed by atoms with Crippen molar-refractivity contribution in [2.75, 3.05) is 25.0 Å². The van der Waals surface area contributed by atoms with E-state index in [0.717, 1.165) is 19.0 Å². The zero-order valence-electron chi connectivity index (χ0n) is 11.5. The maximum absolute atomic E-state index is 13.0. The monoisotopic (exact) mass is 339 g/mol. The van der Waals surface area contributed by atoms with Gasteiger partial charge in [0.05, 0.1) is 12.2 Å². The quantitative estimate of drug-likeness (QED) is 0.694. The Hall–Kier alpha value is -1.39. The van der Waals surface area contributed by atoms with Gasteiger partial charge in [-0.2, -0.15) is 13.2 Å². The molecule has 1 aliphatic rings. The molecule has 1 heterocycles. The lowest BCUT2D eigenvalue weighted by atomic mass is 10.2. The van der Waals surface area contributed by atoms with Crippen LogP contribution in [0.1, 0.15) is 18.4 Å². The van der Waals surface area contributed by atoms with Crippen LogP contribution in [-0.4, -0.2) is 38.2 Å². The molecule has 6 nitrogen and oxygen atoms in total. The van der Waals surface area contributed by atoms with Crippen molar-refractivity contribution in [1.29, 1.82) is 0 Å². The molecular weight excluding hydrogens is 323 g/mol. The summed E-state index contributed by atoms with van der Waals surface area (Å²) >= 11 is 0. The van der Waals surface area contributed by atoms with Crippen molar-refractivity contribution in [3.05, 3.63) is 17.8 Å². The summed E-state index contributed by atoms with van der Waals surface area (Å²) in [6.45, 7) is -0.279. The lowest BCUT2D eigenvalue weighted by Gasteiger charge is -2.15. The van der Waals surface area contributed by atoms with Crippen LogP contribution in [0, 0.1) is 5.92 Å². The predicted octanol–water partition coefficient (Wildman–Crippen LogP) is 1.19. The smallest absolute Gasteiger partial charge is 0.395 e. The van der Waals surface area contributed by atoms with Crippen LogP contribution >= 0.6 is 0 Å². The molecule has 2 rings (SSSR count). The van der Waals surface area contributed by atoms with E-state index >= 15 is 0 Å². The van der Waals surface area contributed by atoms with E-state index in [0.29, 0.717) is 6.07 Å². The molecule has 1 fully saturated rings. The minimum absolute atomic E-state index is 0.123. The first kappa shape index (κ1) is 17.0. The van der Waals surface area contributed by atoms with Gasteiger partial charge in [0, 0.05) is 19.3 Å². The number of nitrogens with zero attached hydrogens (tertiary/aromatic N) is 1. The van der Waals surface area contributed by atoms with E-state index < -0.39 is 32.5 Å². The molecule has 1 aromatic heterocycles. The SMILES string of the molecule is O=S(=O)(NCC1CC1)c1cnc(NCCO)c(C(F)(F)F)c1. The number of rotatable bonds is 7. The van der Waals surface area contributed by atoms with Crippen molar-refractivity contribution < 1.29 is 26.7 Å². The second kappa shape index (κ2) is 6.39. The van der Waals surface area contributed by atoms with E-state index in [1.165, 1.54) is 0 Å². The van der Waals surface area contributed by atoms with Crippen molar-refractivity contribution in [3.8, 4) is 0 Å². The summed E-state index contributed by atoms with van der Waals surface area (Å²) in [6.07, 6.45) is -2.06. The average molecular weight is 339 g/mol. The van der Waals surface area contributed by atoms with E-state index in [-0.39, 0.29) is 25.6 Å². The number of aliphatic hydroxyl groups is 1. The van der Waals surface area contributed by atoms with Crippen molar-refractivity contribution in [2.24, 2.45) is 5.92 Å². The van der Waals surface area contributed by atoms with E-state index in [4.69, 9.17) is 5.11 Å². The van der Waals surface area contributed by atoms with Crippen molar-refractivity contribution in [3.63, 3.8) is 0 Å². The van der Waals surface area contributed by atoms with E-state index in [1.54, 1.807) is 0 Å². The maximum Gasteiger partial charge on any atom is 0.419 e. The Morgan fingerprint density at radius 2 is 2.05 bits per heavy atom. The topological polar surface area (TPSA) is 91.3 Å². The molecule has 3 N–H and O–H groups in total. The Morgan fingerprint density at radius 3 is 2.59 bits per heavy atom. The van der Waals surface area contributed by atoms with Gasteiger partial charge < -0.3 is 10.4 Å². The number of hydrogen-bond donors (Lipinski definition) is 3. The fourth-order valence-corrected chi connectivity index (χ4v) is 2.84. The standard InChI is InChI=1S/C12H16F3N3O3S/c13-12(14,15)10-5-9(7-17-11(10)16-3-4-19)22(20,21)18-6-8-1-2-8/h5,7-8,18-19H,1-4,6H2,(H,16,17). The number of halogens is 3. The minimum Gasteiger partial charge on any atom is -0.395 e. The van der Waals surface area contributed by atoms with Crippen LogP contribution in [0.3, 0.4) is 0 Å². The van der Waals surface area contributed by atoms with Crippen LogP contribution < -0.4 is 10.0 Å². The molecule has 0 unspecified atom stereocenters. The Morgan fingerprint density at radius 1 is 1.36 bits per heavy atom. The van der Waals surface area contributed by atoms with Gasteiger partial charge >= 0.3 is 6.18 Å². The van der Waals surface area contributed by atoms with Gasteiger partial charge in [0.15, 0.2) is 0 Å². The molecule has 10 heteroatoms.